The predicted octanol–water partition coefficient (Wildman–Crippen LogP) is 14.8. The molecule has 0 unspecified atom stereocenters. The van der Waals surface area contributed by atoms with Crippen LogP contribution in [0.4, 0.5) is 35.2 Å². The molecule has 33 heteroatoms. The maximum Gasteiger partial charge on any atom is 2.00 e. The van der Waals surface area contributed by atoms with E-state index in [0.29, 0.717) is 46.3 Å². The molecule has 0 aliphatic heterocycles. The Kier molecular flexibility index (Phi) is 61.8. The molecule has 10 rings (SSSR count). The van der Waals surface area contributed by atoms with E-state index in [1.54, 1.807) is 44.5 Å². The number of aliphatic hydroxyl groups excluding tert-OH is 4. The van der Waals surface area contributed by atoms with Crippen molar-refractivity contribution in [1.82, 2.24) is 49.8 Å². The number of aromatic nitrogens is 10. The Morgan fingerprint density at radius 1 is 0.323 bits per heavy atom. The summed E-state index contributed by atoms with van der Waals surface area (Å²) in [6.45, 7) is 0. The van der Waals surface area contributed by atoms with E-state index < -0.39 is 0 Å². The van der Waals surface area contributed by atoms with Gasteiger partial charge in [-0.3, -0.25) is 0 Å². The van der Waals surface area contributed by atoms with E-state index in [2.05, 4.69) is 81.9 Å². The Labute approximate surface area is 607 Å². The molecule has 22 nitrogen and oxygen atoms in total. The fourth-order valence-electron chi connectivity index (χ4n) is 6.00. The zero-order valence-electron chi connectivity index (χ0n) is 49.5. The number of alkyl halides is 8. The van der Waals surface area contributed by atoms with Gasteiger partial charge >= 0.3 is 93.6 Å². The van der Waals surface area contributed by atoms with Gasteiger partial charge < -0.3 is 39.4 Å². The van der Waals surface area contributed by atoms with E-state index >= 15 is 0 Å². The van der Waals surface area contributed by atoms with Gasteiger partial charge in [0.2, 0.25) is 11.9 Å². The third kappa shape index (κ3) is 40.0. The van der Waals surface area contributed by atoms with Gasteiger partial charge in [0.25, 0.3) is 0 Å². The largest absolute Gasteiger partial charge is 2.00 e. The number of ether oxygens (including phenoxy) is 4. The summed E-state index contributed by atoms with van der Waals surface area (Å²) in [6, 6.07) is 59.6. The van der Waals surface area contributed by atoms with Crippen LogP contribution >= 0.6 is 92.8 Å². The number of para-hydroxylation sites is 4. The molecular formula is C60H60Cl8FeN14O8Se2. The molecular weight excluding hydrogens is 1540 g/mol. The molecule has 0 saturated heterocycles. The number of nitrogens with zero attached hydrogens (tertiary/aromatic N) is 14. The van der Waals surface area contributed by atoms with Crippen LogP contribution in [0.5, 0.6) is 47.0 Å². The summed E-state index contributed by atoms with van der Waals surface area (Å²) in [4.78, 5) is 51.4. The molecule has 0 amide bonds. The van der Waals surface area contributed by atoms with Gasteiger partial charge in [-0.05, 0) is 97.1 Å². The Morgan fingerprint density at radius 3 is 0.634 bits per heavy atom. The van der Waals surface area contributed by atoms with Gasteiger partial charge in [-0.15, -0.1) is 103 Å². The second-order valence-corrected chi connectivity index (χ2v) is 18.1. The van der Waals surface area contributed by atoms with E-state index in [1.165, 1.54) is 0 Å². The molecule has 494 valence electrons. The van der Waals surface area contributed by atoms with Crippen LogP contribution in [-0.4, -0.2) is 152 Å². The van der Waals surface area contributed by atoms with E-state index in [-0.39, 0.29) is 74.4 Å². The van der Waals surface area contributed by atoms with Crippen molar-refractivity contribution < 1.29 is 56.4 Å². The zero-order chi connectivity index (χ0) is 68.8. The van der Waals surface area contributed by atoms with Crippen LogP contribution in [0.15, 0.2) is 219 Å². The quantitative estimate of drug-likeness (QED) is 0.0581. The molecule has 0 fully saturated rings. The van der Waals surface area contributed by atoms with E-state index in [1.807, 2.05) is 194 Å². The van der Waals surface area contributed by atoms with Crippen LogP contribution in [0, 0.1) is 20.5 Å². The van der Waals surface area contributed by atoms with Gasteiger partial charge in [0.05, 0.1) is 21.4 Å². The van der Waals surface area contributed by atoms with Gasteiger partial charge in [0, 0.05) is 53.2 Å². The first kappa shape index (κ1) is 90.2. The monoisotopic (exact) mass is 1600 g/mol. The van der Waals surface area contributed by atoms with Crippen LogP contribution in [0.25, 0.3) is 0 Å². The molecule has 4 N–H and O–H groups in total. The van der Waals surface area contributed by atoms with Crippen molar-refractivity contribution in [2.45, 2.75) is 0 Å². The zero-order valence-corrected chi connectivity index (χ0v) is 60.1. The van der Waals surface area contributed by atoms with Gasteiger partial charge in [-0.25, -0.2) is 29.7 Å². The first-order chi connectivity index (χ1) is 45.2. The number of nitriles is 2. The molecule has 0 aliphatic carbocycles. The Balaban J connectivity index is -0.00000127. The summed E-state index contributed by atoms with van der Waals surface area (Å²) >= 11 is 42.3. The van der Waals surface area contributed by atoms with Gasteiger partial charge in [0.15, 0.2) is 0 Å². The topological polar surface area (TPSA) is 301 Å². The fourth-order valence-corrected chi connectivity index (χ4v) is 6.00. The summed E-state index contributed by atoms with van der Waals surface area (Å²) in [6.07, 6.45) is 6.76. The average molecular weight is 1600 g/mol. The minimum atomic E-state index is 0. The molecule has 0 saturated carbocycles. The third-order valence-electron chi connectivity index (χ3n) is 8.89. The SMILES string of the molecule is CO.CO.CO.CO.ClCCl.ClCCl.ClCCl.ClCCl.N#C[Se-].N#C[Se-].[Fe+2].c1ccc(Oc2nc(Oc3ccccc3)nc(N(c3ccccn3)c3ccccn3)n2)cc1.c1ccc(Oc2nc(Oc3ccccc3)nc(N(c3ccccn3)c3ccccn3)n2)cc1. The summed E-state index contributed by atoms with van der Waals surface area (Å²) in [5.74, 6) is 5.17. The van der Waals surface area contributed by atoms with E-state index in [9.17, 15) is 0 Å². The number of aliphatic hydroxyl groups is 4. The van der Waals surface area contributed by atoms with Crippen LogP contribution < -0.4 is 28.7 Å². The van der Waals surface area contributed by atoms with Crippen molar-refractivity contribution in [2.24, 2.45) is 0 Å². The minimum absolute atomic E-state index is 0. The smallest absolute Gasteiger partial charge is 0.424 e. The van der Waals surface area contributed by atoms with Gasteiger partial charge in [-0.2, -0.15) is 19.9 Å². The van der Waals surface area contributed by atoms with Gasteiger partial charge in [-0.1, -0.05) is 97.1 Å². The molecule has 0 radical (unpaired) electrons. The molecule has 4 aromatic carbocycles. The maximum atomic E-state index is 7.26. The van der Waals surface area contributed by atoms with Crippen molar-refractivity contribution in [3.8, 4) is 57.0 Å². The van der Waals surface area contributed by atoms with Crippen molar-refractivity contribution in [3.63, 3.8) is 0 Å². The van der Waals surface area contributed by atoms with Crippen LogP contribution in [0.1, 0.15) is 0 Å². The number of halogens is 8. The number of benzene rings is 4. The number of rotatable bonds is 14. The second-order valence-electron chi connectivity index (χ2n) is 14.1. The van der Waals surface area contributed by atoms with E-state index in [0.717, 1.165) is 28.4 Å². The summed E-state index contributed by atoms with van der Waals surface area (Å²) < 4.78 is 23.6. The van der Waals surface area contributed by atoms with Crippen molar-refractivity contribution in [3.05, 3.63) is 219 Å². The van der Waals surface area contributed by atoms with E-state index in [4.69, 9.17) is 143 Å². The standard InChI is InChI=1S/2C25H18N6O2.4CH2Cl2.2CHNSe.4CH4O.Fe/c2*1-3-11-19(12-4-1)32-24-28-23(29-25(30-24)33-20-13-5-2-6-14-20)31(21-15-7-9-17-26-21)22-16-8-10-18-27-22;6*2-1-3;4*1-2;/h2*1-18H;4*1H2;2*3H;4*2H,1H3;/q;;;;;;;;;;;;+2/p-2. The Bertz CT molecular complexity index is 2960. The van der Waals surface area contributed by atoms with Crippen LogP contribution in [0.3, 0.4) is 0 Å². The Morgan fingerprint density at radius 2 is 0.484 bits per heavy atom. The first-order valence-corrected chi connectivity index (χ1v) is 31.2. The van der Waals surface area contributed by atoms with Gasteiger partial charge in [0.1, 0.15) is 46.3 Å². The number of anilines is 6. The minimum Gasteiger partial charge on any atom is -0.424 e. The van der Waals surface area contributed by atoms with Crippen molar-refractivity contribution in [1.29, 1.82) is 10.5 Å². The van der Waals surface area contributed by atoms with Crippen molar-refractivity contribution in [2.75, 3.05) is 59.6 Å². The van der Waals surface area contributed by atoms with Crippen LogP contribution in [-0.2, 0) is 17.1 Å². The summed E-state index contributed by atoms with van der Waals surface area (Å²) in [5, 5.41) is 43.3. The first-order valence-electron chi connectivity index (χ1n) is 25.2. The number of pyridine rings is 4. The molecule has 6 heterocycles. The predicted molar refractivity (Wildman–Crippen MR) is 368 cm³/mol. The average Bonchev–Trinajstić information content (AvgIpc) is 0.832. The fraction of sp³-hybridized carbons (Fsp3) is 0.133. The molecule has 0 bridgehead atoms. The third-order valence-corrected chi connectivity index (χ3v) is 8.89. The number of hydrogen-bond acceptors (Lipinski definition) is 22. The van der Waals surface area contributed by atoms with Crippen molar-refractivity contribution >= 4 is 160 Å². The normalized spacial score (nSPS) is 8.58. The van der Waals surface area contributed by atoms with Crippen LogP contribution in [0.2, 0.25) is 0 Å². The summed E-state index contributed by atoms with van der Waals surface area (Å²) in [5.41, 5.74) is 0. The maximum absolute atomic E-state index is 7.26. The molecule has 6 aromatic heterocycles. The molecule has 93 heavy (non-hydrogen) atoms. The molecule has 10 aromatic rings. The second kappa shape index (κ2) is 63.7. The molecule has 0 aliphatic rings. The summed E-state index contributed by atoms with van der Waals surface area (Å²) in [7, 11) is 4.00. The molecule has 0 atom stereocenters. The number of hydrogen-bond donors (Lipinski definition) is 4. The molecule has 0 spiro atoms. The Hall–Kier alpha value is -7.00.